The van der Waals surface area contributed by atoms with Crippen LogP contribution >= 0.6 is 11.8 Å². The first kappa shape index (κ1) is 12.0. The lowest BCUT2D eigenvalue weighted by atomic mass is 10.2. The summed E-state index contributed by atoms with van der Waals surface area (Å²) in [6.45, 7) is 2.08. The molecule has 1 atom stereocenters. The molecular weight excluding hydrogens is 212 g/mol. The van der Waals surface area contributed by atoms with Gasteiger partial charge < -0.3 is 4.90 Å². The molecule has 84 valence electrons. The first-order valence-electron chi connectivity index (χ1n) is 4.82. The third-order valence-electron chi connectivity index (χ3n) is 2.33. The molecule has 0 aliphatic rings. The highest BCUT2D eigenvalue weighted by Crippen LogP contribution is 2.10. The van der Waals surface area contributed by atoms with Crippen LogP contribution in [-0.4, -0.2) is 51.3 Å². The van der Waals surface area contributed by atoms with E-state index in [4.69, 9.17) is 0 Å². The average molecular weight is 228 g/mol. The van der Waals surface area contributed by atoms with Gasteiger partial charge in [0.2, 0.25) is 0 Å². The second kappa shape index (κ2) is 5.75. The van der Waals surface area contributed by atoms with E-state index in [2.05, 4.69) is 22.3 Å². The number of rotatable bonds is 5. The molecule has 6 heteroatoms. The molecule has 0 saturated heterocycles. The van der Waals surface area contributed by atoms with Gasteiger partial charge in [-0.25, -0.2) is 0 Å². The van der Waals surface area contributed by atoms with Gasteiger partial charge in [-0.3, -0.25) is 4.79 Å². The number of hydrogen-bond acceptors (Lipinski definition) is 4. The maximum atomic E-state index is 11.9. The summed E-state index contributed by atoms with van der Waals surface area (Å²) < 4.78 is 0. The Morgan fingerprint density at radius 1 is 1.73 bits per heavy atom. The van der Waals surface area contributed by atoms with Gasteiger partial charge in [0.25, 0.3) is 5.91 Å². The number of nitrogens with one attached hydrogen (secondary N) is 1. The highest BCUT2D eigenvalue weighted by Gasteiger charge is 2.20. The molecule has 1 N–H and O–H groups in total. The number of carbonyl (C=O) groups is 1. The molecule has 0 fully saturated rings. The van der Waals surface area contributed by atoms with E-state index in [0.717, 1.165) is 12.2 Å². The van der Waals surface area contributed by atoms with Crippen molar-refractivity contribution in [1.29, 1.82) is 0 Å². The van der Waals surface area contributed by atoms with Crippen molar-refractivity contribution in [1.82, 2.24) is 20.3 Å². The van der Waals surface area contributed by atoms with Gasteiger partial charge in [0.05, 0.1) is 6.20 Å². The zero-order chi connectivity index (χ0) is 11.3. The SMILES string of the molecule is CCC(CSC)N(C)C(=O)c1cn[nH]n1. The highest BCUT2D eigenvalue weighted by atomic mass is 32.2. The summed E-state index contributed by atoms with van der Waals surface area (Å²) in [5.74, 6) is 0.862. The predicted octanol–water partition coefficient (Wildman–Crippen LogP) is 1.02. The van der Waals surface area contributed by atoms with Crippen LogP contribution in [0.4, 0.5) is 0 Å². The molecule has 1 aromatic rings. The fourth-order valence-corrected chi connectivity index (χ4v) is 2.19. The van der Waals surface area contributed by atoms with Gasteiger partial charge in [-0.2, -0.15) is 27.2 Å². The second-order valence-electron chi connectivity index (χ2n) is 3.29. The maximum Gasteiger partial charge on any atom is 0.276 e. The molecule has 0 aromatic carbocycles. The number of thioether (sulfide) groups is 1. The summed E-state index contributed by atoms with van der Waals surface area (Å²) in [4.78, 5) is 13.6. The van der Waals surface area contributed by atoms with Crippen LogP contribution in [0.15, 0.2) is 6.20 Å². The Balaban J connectivity index is 2.66. The third kappa shape index (κ3) is 2.95. The molecule has 5 nitrogen and oxygen atoms in total. The van der Waals surface area contributed by atoms with Crippen molar-refractivity contribution in [2.45, 2.75) is 19.4 Å². The maximum absolute atomic E-state index is 11.9. The Morgan fingerprint density at radius 2 is 2.47 bits per heavy atom. The van der Waals surface area contributed by atoms with Gasteiger partial charge >= 0.3 is 0 Å². The molecule has 1 rings (SSSR count). The average Bonchev–Trinajstić information content (AvgIpc) is 2.77. The van der Waals surface area contributed by atoms with Crippen molar-refractivity contribution in [3.63, 3.8) is 0 Å². The van der Waals surface area contributed by atoms with Crippen LogP contribution in [0.5, 0.6) is 0 Å². The Morgan fingerprint density at radius 3 is 2.93 bits per heavy atom. The minimum atomic E-state index is -0.0790. The quantitative estimate of drug-likeness (QED) is 0.817. The molecule has 0 saturated carbocycles. The Kier molecular flexibility index (Phi) is 4.61. The smallest absolute Gasteiger partial charge is 0.276 e. The summed E-state index contributed by atoms with van der Waals surface area (Å²) in [6.07, 6.45) is 4.43. The van der Waals surface area contributed by atoms with Crippen LogP contribution in [0, 0.1) is 0 Å². The van der Waals surface area contributed by atoms with E-state index in [1.54, 1.807) is 23.7 Å². The van der Waals surface area contributed by atoms with Crippen LogP contribution in [0.1, 0.15) is 23.8 Å². The zero-order valence-electron chi connectivity index (χ0n) is 9.23. The van der Waals surface area contributed by atoms with E-state index < -0.39 is 0 Å². The first-order chi connectivity index (χ1) is 7.20. The molecule has 0 spiro atoms. The van der Waals surface area contributed by atoms with Gasteiger partial charge in [-0.1, -0.05) is 6.92 Å². The van der Waals surface area contributed by atoms with Gasteiger partial charge in [0, 0.05) is 18.8 Å². The van der Waals surface area contributed by atoms with Gasteiger partial charge in [-0.15, -0.1) is 0 Å². The molecule has 1 unspecified atom stereocenters. The van der Waals surface area contributed by atoms with Gasteiger partial charge in [-0.05, 0) is 12.7 Å². The molecule has 1 amide bonds. The number of nitrogens with zero attached hydrogens (tertiary/aromatic N) is 3. The molecule has 0 aliphatic carbocycles. The number of aromatic amines is 1. The summed E-state index contributed by atoms with van der Waals surface area (Å²) in [6, 6.07) is 0.254. The number of H-pyrrole nitrogens is 1. The Hall–Kier alpha value is -1.04. The molecular formula is C9H16N4OS. The van der Waals surface area contributed by atoms with E-state index in [-0.39, 0.29) is 11.9 Å². The lowest BCUT2D eigenvalue weighted by molar-refractivity contribution is 0.0737. The fraction of sp³-hybridized carbons (Fsp3) is 0.667. The van der Waals surface area contributed by atoms with E-state index >= 15 is 0 Å². The van der Waals surface area contributed by atoms with E-state index in [1.807, 2.05) is 6.26 Å². The molecule has 0 bridgehead atoms. The van der Waals surface area contributed by atoms with Crippen LogP contribution in [0.3, 0.4) is 0 Å². The van der Waals surface area contributed by atoms with E-state index in [9.17, 15) is 4.79 Å². The standard InChI is InChI=1S/C9H16N4OS/c1-4-7(6-15-3)13(2)9(14)8-5-10-12-11-8/h5,7H,4,6H2,1-3H3,(H,10,11,12). The van der Waals surface area contributed by atoms with Crippen molar-refractivity contribution in [3.8, 4) is 0 Å². The number of aromatic nitrogens is 3. The second-order valence-corrected chi connectivity index (χ2v) is 4.20. The van der Waals surface area contributed by atoms with Gasteiger partial charge in [0.15, 0.2) is 5.69 Å². The molecule has 1 heterocycles. The van der Waals surface area contributed by atoms with Crippen molar-refractivity contribution >= 4 is 17.7 Å². The van der Waals surface area contributed by atoms with Crippen LogP contribution in [0.25, 0.3) is 0 Å². The third-order valence-corrected chi connectivity index (χ3v) is 3.05. The minimum absolute atomic E-state index is 0.0790. The minimum Gasteiger partial charge on any atom is -0.336 e. The predicted molar refractivity (Wildman–Crippen MR) is 60.9 cm³/mol. The molecule has 15 heavy (non-hydrogen) atoms. The van der Waals surface area contributed by atoms with Crippen LogP contribution in [0.2, 0.25) is 0 Å². The van der Waals surface area contributed by atoms with Crippen LogP contribution in [-0.2, 0) is 0 Å². The van der Waals surface area contributed by atoms with Crippen molar-refractivity contribution in [3.05, 3.63) is 11.9 Å². The van der Waals surface area contributed by atoms with E-state index in [1.165, 1.54) is 6.20 Å². The van der Waals surface area contributed by atoms with Crippen molar-refractivity contribution in [2.75, 3.05) is 19.1 Å². The van der Waals surface area contributed by atoms with Crippen molar-refractivity contribution in [2.24, 2.45) is 0 Å². The van der Waals surface area contributed by atoms with E-state index in [0.29, 0.717) is 5.69 Å². The number of hydrogen-bond donors (Lipinski definition) is 1. The normalized spacial score (nSPS) is 12.5. The molecule has 0 aliphatic heterocycles. The summed E-state index contributed by atoms with van der Waals surface area (Å²) in [7, 11) is 1.81. The highest BCUT2D eigenvalue weighted by molar-refractivity contribution is 7.98. The van der Waals surface area contributed by atoms with Crippen LogP contribution < -0.4 is 0 Å². The molecule has 1 aromatic heterocycles. The molecule has 0 radical (unpaired) electrons. The lowest BCUT2D eigenvalue weighted by Gasteiger charge is -2.25. The number of amides is 1. The Bertz CT molecular complexity index is 301. The monoisotopic (exact) mass is 228 g/mol. The largest absolute Gasteiger partial charge is 0.336 e. The topological polar surface area (TPSA) is 61.9 Å². The van der Waals surface area contributed by atoms with Gasteiger partial charge in [0.1, 0.15) is 0 Å². The Labute approximate surface area is 93.6 Å². The first-order valence-corrected chi connectivity index (χ1v) is 6.22. The summed E-state index contributed by atoms with van der Waals surface area (Å²) in [5, 5.41) is 9.85. The van der Waals surface area contributed by atoms with Crippen molar-refractivity contribution < 1.29 is 4.79 Å². The summed E-state index contributed by atoms with van der Waals surface area (Å²) in [5.41, 5.74) is 0.372. The zero-order valence-corrected chi connectivity index (χ0v) is 10.0. The number of carbonyl (C=O) groups excluding carboxylic acids is 1. The summed E-state index contributed by atoms with van der Waals surface area (Å²) >= 11 is 1.74. The lowest BCUT2D eigenvalue weighted by Crippen LogP contribution is -2.38. The fourth-order valence-electron chi connectivity index (χ4n) is 1.35.